The minimum absolute atomic E-state index is 0.158. The van der Waals surface area contributed by atoms with Gasteiger partial charge in [-0.25, -0.2) is 4.98 Å². The van der Waals surface area contributed by atoms with E-state index in [1.165, 1.54) is 0 Å². The molecule has 90 valence electrons. The molecule has 0 aliphatic carbocycles. The van der Waals surface area contributed by atoms with Crippen LogP contribution in [-0.4, -0.2) is 22.9 Å². The lowest BCUT2D eigenvalue weighted by Crippen LogP contribution is -2.25. The van der Waals surface area contributed by atoms with Gasteiger partial charge in [-0.2, -0.15) is 0 Å². The van der Waals surface area contributed by atoms with Crippen LogP contribution >= 0.6 is 0 Å². The third kappa shape index (κ3) is 2.46. The van der Waals surface area contributed by atoms with Crippen LogP contribution in [0, 0.1) is 0 Å². The van der Waals surface area contributed by atoms with E-state index < -0.39 is 0 Å². The second kappa shape index (κ2) is 4.99. The largest absolute Gasteiger partial charge is 0.345 e. The average molecular weight is 231 g/mol. The van der Waals surface area contributed by atoms with Crippen molar-refractivity contribution in [2.45, 2.75) is 26.2 Å². The van der Waals surface area contributed by atoms with Gasteiger partial charge in [0.1, 0.15) is 0 Å². The predicted octanol–water partition coefficient (Wildman–Crippen LogP) is 2.72. The van der Waals surface area contributed by atoms with E-state index in [-0.39, 0.29) is 5.91 Å². The van der Waals surface area contributed by atoms with E-state index in [0.29, 0.717) is 6.42 Å². The molecule has 0 spiro atoms. The zero-order valence-electron chi connectivity index (χ0n) is 10.2. The van der Waals surface area contributed by atoms with E-state index >= 15 is 0 Å². The van der Waals surface area contributed by atoms with Crippen molar-refractivity contribution in [2.75, 3.05) is 11.9 Å². The second-order valence-corrected chi connectivity index (χ2v) is 4.16. The van der Waals surface area contributed by atoms with Gasteiger partial charge in [-0.3, -0.25) is 4.79 Å². The molecule has 0 aliphatic rings. The van der Waals surface area contributed by atoms with Gasteiger partial charge in [0.05, 0.1) is 17.4 Å². The van der Waals surface area contributed by atoms with Crippen LogP contribution in [0.15, 0.2) is 24.5 Å². The topological polar surface area (TPSA) is 49.0 Å². The van der Waals surface area contributed by atoms with Crippen LogP contribution < -0.4 is 4.90 Å². The highest BCUT2D eigenvalue weighted by atomic mass is 16.2. The van der Waals surface area contributed by atoms with E-state index in [0.717, 1.165) is 29.6 Å². The minimum atomic E-state index is 0.158. The van der Waals surface area contributed by atoms with Crippen LogP contribution in [0.1, 0.15) is 26.2 Å². The molecule has 1 amide bonds. The molecule has 2 aromatic rings. The first-order chi connectivity index (χ1) is 8.22. The van der Waals surface area contributed by atoms with Gasteiger partial charge < -0.3 is 9.88 Å². The molecule has 4 nitrogen and oxygen atoms in total. The third-order valence-corrected chi connectivity index (χ3v) is 2.91. The molecule has 0 radical (unpaired) electrons. The van der Waals surface area contributed by atoms with Crippen molar-refractivity contribution >= 4 is 22.6 Å². The van der Waals surface area contributed by atoms with Gasteiger partial charge in [0.2, 0.25) is 5.91 Å². The molecule has 0 aliphatic heterocycles. The Hall–Kier alpha value is -1.84. The summed E-state index contributed by atoms with van der Waals surface area (Å²) in [5.41, 5.74) is 2.78. The summed E-state index contributed by atoms with van der Waals surface area (Å²) in [7, 11) is 1.82. The summed E-state index contributed by atoms with van der Waals surface area (Å²) in [5, 5.41) is 0. The number of H-pyrrole nitrogens is 1. The Balaban J connectivity index is 2.17. The molecule has 0 unspecified atom stereocenters. The number of unbranched alkanes of at least 4 members (excludes halogenated alkanes) is 1. The maximum atomic E-state index is 11.9. The molecular formula is C13H17N3O. The summed E-state index contributed by atoms with van der Waals surface area (Å²) in [6, 6.07) is 5.80. The molecule has 0 fully saturated rings. The molecule has 1 aromatic heterocycles. The smallest absolute Gasteiger partial charge is 0.226 e. The van der Waals surface area contributed by atoms with E-state index in [9.17, 15) is 4.79 Å². The molecule has 0 atom stereocenters. The van der Waals surface area contributed by atoms with Gasteiger partial charge >= 0.3 is 0 Å². The van der Waals surface area contributed by atoms with Crippen LogP contribution in [0.5, 0.6) is 0 Å². The zero-order valence-corrected chi connectivity index (χ0v) is 10.2. The first kappa shape index (κ1) is 11.6. The lowest BCUT2D eigenvalue weighted by atomic mass is 10.2. The maximum absolute atomic E-state index is 11.9. The third-order valence-electron chi connectivity index (χ3n) is 2.91. The number of nitrogens with zero attached hydrogens (tertiary/aromatic N) is 2. The van der Waals surface area contributed by atoms with Crippen molar-refractivity contribution in [3.8, 4) is 0 Å². The SMILES string of the molecule is CCCCC(=O)N(C)c1ccc2nc[nH]c2c1. The summed E-state index contributed by atoms with van der Waals surface area (Å²) < 4.78 is 0. The van der Waals surface area contributed by atoms with Crippen molar-refractivity contribution in [1.82, 2.24) is 9.97 Å². The van der Waals surface area contributed by atoms with E-state index in [1.54, 1.807) is 11.2 Å². The standard InChI is InChI=1S/C13H17N3O/c1-3-4-5-13(17)16(2)10-6-7-11-12(8-10)15-9-14-11/h6-9H,3-5H2,1-2H3,(H,14,15). The van der Waals surface area contributed by atoms with Gasteiger partial charge in [0.25, 0.3) is 0 Å². The number of carbonyl (C=O) groups is 1. The molecule has 4 heteroatoms. The Bertz CT molecular complexity index is 518. The number of fused-ring (bicyclic) bond motifs is 1. The van der Waals surface area contributed by atoms with Gasteiger partial charge in [-0.1, -0.05) is 13.3 Å². The van der Waals surface area contributed by atoms with Crippen molar-refractivity contribution in [3.63, 3.8) is 0 Å². The van der Waals surface area contributed by atoms with Gasteiger partial charge in [0.15, 0.2) is 0 Å². The highest BCUT2D eigenvalue weighted by Crippen LogP contribution is 2.19. The summed E-state index contributed by atoms with van der Waals surface area (Å²) >= 11 is 0. The van der Waals surface area contributed by atoms with Crippen molar-refractivity contribution in [3.05, 3.63) is 24.5 Å². The van der Waals surface area contributed by atoms with E-state index in [1.807, 2.05) is 25.2 Å². The number of nitrogens with one attached hydrogen (secondary N) is 1. The van der Waals surface area contributed by atoms with Crippen LogP contribution in [-0.2, 0) is 4.79 Å². The van der Waals surface area contributed by atoms with Crippen LogP contribution in [0.25, 0.3) is 11.0 Å². The summed E-state index contributed by atoms with van der Waals surface area (Å²) in [4.78, 5) is 20.8. The van der Waals surface area contributed by atoms with Crippen molar-refractivity contribution < 1.29 is 4.79 Å². The predicted molar refractivity (Wildman–Crippen MR) is 69.0 cm³/mol. The number of rotatable bonds is 4. The second-order valence-electron chi connectivity index (χ2n) is 4.16. The number of carbonyl (C=O) groups excluding carboxylic acids is 1. The van der Waals surface area contributed by atoms with Gasteiger partial charge in [-0.05, 0) is 24.6 Å². The Morgan fingerprint density at radius 2 is 2.29 bits per heavy atom. The van der Waals surface area contributed by atoms with Crippen LogP contribution in [0.2, 0.25) is 0 Å². The molecular weight excluding hydrogens is 214 g/mol. The number of hydrogen-bond acceptors (Lipinski definition) is 2. The van der Waals surface area contributed by atoms with E-state index in [2.05, 4.69) is 16.9 Å². The molecule has 1 N–H and O–H groups in total. The zero-order chi connectivity index (χ0) is 12.3. The van der Waals surface area contributed by atoms with Gasteiger partial charge in [0, 0.05) is 19.2 Å². The first-order valence-electron chi connectivity index (χ1n) is 5.92. The number of amides is 1. The van der Waals surface area contributed by atoms with E-state index in [4.69, 9.17) is 0 Å². The van der Waals surface area contributed by atoms with Gasteiger partial charge in [-0.15, -0.1) is 0 Å². The summed E-state index contributed by atoms with van der Waals surface area (Å²) in [6.07, 6.45) is 4.25. The Kier molecular flexibility index (Phi) is 3.42. The number of aromatic amines is 1. The normalized spacial score (nSPS) is 10.7. The van der Waals surface area contributed by atoms with Crippen LogP contribution in [0.4, 0.5) is 5.69 Å². The van der Waals surface area contributed by atoms with Crippen LogP contribution in [0.3, 0.4) is 0 Å². The summed E-state index contributed by atoms with van der Waals surface area (Å²) in [5.74, 6) is 0.158. The average Bonchev–Trinajstić information content (AvgIpc) is 2.81. The fourth-order valence-electron chi connectivity index (χ4n) is 1.77. The highest BCUT2D eigenvalue weighted by Gasteiger charge is 2.10. The number of imidazole rings is 1. The number of aromatic nitrogens is 2. The lowest BCUT2D eigenvalue weighted by molar-refractivity contribution is -0.118. The molecule has 17 heavy (non-hydrogen) atoms. The van der Waals surface area contributed by atoms with Crippen molar-refractivity contribution in [1.29, 1.82) is 0 Å². The molecule has 2 rings (SSSR count). The Labute approximate surface area is 101 Å². The van der Waals surface area contributed by atoms with Crippen molar-refractivity contribution in [2.24, 2.45) is 0 Å². The fourth-order valence-corrected chi connectivity index (χ4v) is 1.77. The Morgan fingerprint density at radius 1 is 1.47 bits per heavy atom. The summed E-state index contributed by atoms with van der Waals surface area (Å²) in [6.45, 7) is 2.09. The maximum Gasteiger partial charge on any atom is 0.226 e. The minimum Gasteiger partial charge on any atom is -0.345 e. The number of benzene rings is 1. The number of hydrogen-bond donors (Lipinski definition) is 1. The quantitative estimate of drug-likeness (QED) is 0.879. The monoisotopic (exact) mass is 231 g/mol. The first-order valence-corrected chi connectivity index (χ1v) is 5.92. The molecule has 0 saturated heterocycles. The fraction of sp³-hybridized carbons (Fsp3) is 0.385. The molecule has 0 saturated carbocycles. The lowest BCUT2D eigenvalue weighted by Gasteiger charge is -2.17. The molecule has 1 heterocycles. The highest BCUT2D eigenvalue weighted by molar-refractivity contribution is 5.94. The molecule has 0 bridgehead atoms. The Morgan fingerprint density at radius 3 is 3.06 bits per heavy atom. The molecule has 1 aromatic carbocycles. The number of anilines is 1.